The molecule has 0 radical (unpaired) electrons. The van der Waals surface area contributed by atoms with Crippen LogP contribution in [-0.2, 0) is 28.7 Å². The molecule has 7 heteroatoms. The van der Waals surface area contributed by atoms with E-state index in [9.17, 15) is 14.4 Å². The molecule has 0 aliphatic carbocycles. The highest BCUT2D eigenvalue weighted by atomic mass is 16.7. The predicted octanol–water partition coefficient (Wildman–Crippen LogP) is 0.406. The van der Waals surface area contributed by atoms with Crippen LogP contribution in [0, 0.1) is 0 Å². The van der Waals surface area contributed by atoms with E-state index in [0.29, 0.717) is 6.29 Å². The average Bonchev–Trinajstić information content (AvgIpc) is 2.36. The predicted molar refractivity (Wildman–Crippen MR) is 60.9 cm³/mol. The van der Waals surface area contributed by atoms with Gasteiger partial charge in [0.05, 0.1) is 7.11 Å². The first-order valence-electron chi connectivity index (χ1n) is 5.24. The molecule has 0 aliphatic heterocycles. The summed E-state index contributed by atoms with van der Waals surface area (Å²) in [4.78, 5) is 36.8. The van der Waals surface area contributed by atoms with Gasteiger partial charge in [0, 0.05) is 19.9 Å². The molecule has 0 bridgehead atoms. The Bertz CT molecular complexity index is 325. The third-order valence-corrected chi connectivity index (χ3v) is 2.08. The van der Waals surface area contributed by atoms with Crippen LogP contribution in [0.2, 0.25) is 0 Å². The summed E-state index contributed by atoms with van der Waals surface area (Å²) in [7, 11) is 2.82. The van der Waals surface area contributed by atoms with Crippen LogP contribution in [0.3, 0.4) is 0 Å². The lowest BCUT2D eigenvalue weighted by Crippen LogP contribution is -2.28. The number of hydrogen-bond donors (Lipinski definition) is 0. The van der Waals surface area contributed by atoms with Crippen LogP contribution in [-0.4, -0.2) is 44.5 Å². The van der Waals surface area contributed by atoms with E-state index in [1.165, 1.54) is 21.1 Å². The highest BCUT2D eigenvalue weighted by Crippen LogP contribution is 2.07. The van der Waals surface area contributed by atoms with Crippen molar-refractivity contribution in [3.05, 3.63) is 11.5 Å². The van der Waals surface area contributed by atoms with Crippen molar-refractivity contribution in [3.63, 3.8) is 0 Å². The van der Waals surface area contributed by atoms with Crippen LogP contribution in [0.15, 0.2) is 11.5 Å². The summed E-state index contributed by atoms with van der Waals surface area (Å²) in [5, 5.41) is 1.01. The number of hydrogen-bond acceptors (Lipinski definition) is 6. The lowest BCUT2D eigenvalue weighted by atomic mass is 10.3. The number of methoxy groups -OCH3 is 1. The molecule has 0 saturated carbocycles. The summed E-state index contributed by atoms with van der Waals surface area (Å²) < 4.78 is 9.55. The Kier molecular flexibility index (Phi) is 8.21. The number of nitrogens with zero attached hydrogens (tertiary/aromatic N) is 1. The standard InChI is InChI=1S/C11H17NO6/c1-9(17-8-14)10(16-3)7-18-12(2)11(15)5-4-6-13/h6,8H,4-5,7H2,1-3H3/b10-9-. The zero-order valence-corrected chi connectivity index (χ0v) is 10.7. The molecule has 0 spiro atoms. The van der Waals surface area contributed by atoms with Gasteiger partial charge in [-0.25, -0.2) is 5.06 Å². The number of aldehydes is 1. The number of amides is 1. The van der Waals surface area contributed by atoms with Crippen LogP contribution in [0.25, 0.3) is 0 Å². The maximum atomic E-state index is 11.4. The van der Waals surface area contributed by atoms with Crippen LogP contribution in [0.1, 0.15) is 19.8 Å². The maximum Gasteiger partial charge on any atom is 0.298 e. The van der Waals surface area contributed by atoms with E-state index >= 15 is 0 Å². The van der Waals surface area contributed by atoms with Gasteiger partial charge < -0.3 is 14.3 Å². The Hall–Kier alpha value is -1.89. The molecule has 0 aromatic rings. The van der Waals surface area contributed by atoms with Gasteiger partial charge in [-0.1, -0.05) is 0 Å². The van der Waals surface area contributed by atoms with Crippen LogP contribution in [0.5, 0.6) is 0 Å². The van der Waals surface area contributed by atoms with Gasteiger partial charge in [0.1, 0.15) is 18.7 Å². The minimum atomic E-state index is -0.327. The Morgan fingerprint density at radius 1 is 1.33 bits per heavy atom. The zero-order valence-electron chi connectivity index (χ0n) is 10.7. The van der Waals surface area contributed by atoms with Gasteiger partial charge in [0.25, 0.3) is 6.47 Å². The molecule has 0 aliphatic rings. The highest BCUT2D eigenvalue weighted by molar-refractivity contribution is 5.77. The summed E-state index contributed by atoms with van der Waals surface area (Å²) in [5.41, 5.74) is 0. The second-order valence-corrected chi connectivity index (χ2v) is 3.27. The van der Waals surface area contributed by atoms with E-state index in [4.69, 9.17) is 9.57 Å². The van der Waals surface area contributed by atoms with E-state index < -0.39 is 0 Å². The van der Waals surface area contributed by atoms with E-state index in [1.54, 1.807) is 0 Å². The Morgan fingerprint density at radius 2 is 2.00 bits per heavy atom. The highest BCUT2D eigenvalue weighted by Gasteiger charge is 2.11. The van der Waals surface area contributed by atoms with Gasteiger partial charge in [-0.2, -0.15) is 0 Å². The molecule has 0 fully saturated rings. The van der Waals surface area contributed by atoms with Gasteiger partial charge in [-0.05, 0) is 6.92 Å². The van der Waals surface area contributed by atoms with E-state index in [-0.39, 0.29) is 43.3 Å². The van der Waals surface area contributed by atoms with Crippen molar-refractivity contribution in [2.45, 2.75) is 19.8 Å². The summed E-state index contributed by atoms with van der Waals surface area (Å²) in [6, 6.07) is 0. The van der Waals surface area contributed by atoms with E-state index in [1.807, 2.05) is 0 Å². The molecule has 0 rings (SSSR count). The fraction of sp³-hybridized carbons (Fsp3) is 0.545. The van der Waals surface area contributed by atoms with E-state index in [0.717, 1.165) is 5.06 Å². The van der Waals surface area contributed by atoms with Gasteiger partial charge >= 0.3 is 0 Å². The van der Waals surface area contributed by atoms with Crippen molar-refractivity contribution in [1.29, 1.82) is 0 Å². The second-order valence-electron chi connectivity index (χ2n) is 3.27. The molecule has 1 amide bonds. The number of hydroxylamine groups is 2. The Morgan fingerprint density at radius 3 is 2.50 bits per heavy atom. The molecule has 0 unspecified atom stereocenters. The summed E-state index contributed by atoms with van der Waals surface area (Å²) >= 11 is 0. The molecule has 0 heterocycles. The molecule has 0 N–H and O–H groups in total. The molecule has 0 aromatic carbocycles. The molecular weight excluding hydrogens is 242 g/mol. The maximum absolute atomic E-state index is 11.4. The van der Waals surface area contributed by atoms with Crippen molar-refractivity contribution < 1.29 is 28.7 Å². The summed E-state index contributed by atoms with van der Waals surface area (Å²) in [6.45, 7) is 1.75. The van der Waals surface area contributed by atoms with Crippen LogP contribution in [0.4, 0.5) is 0 Å². The average molecular weight is 259 g/mol. The topological polar surface area (TPSA) is 82.1 Å². The SMILES string of the molecule is CO/C(CON(C)C(=O)CCC=O)=C(/C)OC=O. The fourth-order valence-electron chi connectivity index (χ4n) is 1.01. The number of allylic oxidation sites excluding steroid dienone is 1. The van der Waals surface area contributed by atoms with Crippen molar-refractivity contribution in [2.75, 3.05) is 20.8 Å². The van der Waals surface area contributed by atoms with Gasteiger partial charge in [-0.3, -0.25) is 14.4 Å². The Labute approximate surface area is 105 Å². The van der Waals surface area contributed by atoms with Crippen molar-refractivity contribution in [1.82, 2.24) is 5.06 Å². The zero-order chi connectivity index (χ0) is 14.0. The lowest BCUT2D eigenvalue weighted by Gasteiger charge is -2.17. The third-order valence-electron chi connectivity index (χ3n) is 2.08. The van der Waals surface area contributed by atoms with Crippen LogP contribution < -0.4 is 0 Å². The molecule has 102 valence electrons. The summed E-state index contributed by atoms with van der Waals surface area (Å²) in [5.74, 6) is 0.213. The fourth-order valence-corrected chi connectivity index (χ4v) is 1.01. The molecule has 0 saturated heterocycles. The first-order valence-corrected chi connectivity index (χ1v) is 5.24. The molecule has 0 atom stereocenters. The van der Waals surface area contributed by atoms with E-state index in [2.05, 4.69) is 4.74 Å². The number of ether oxygens (including phenoxy) is 2. The largest absolute Gasteiger partial charge is 0.495 e. The molecule has 0 aromatic heterocycles. The van der Waals surface area contributed by atoms with Gasteiger partial charge in [0.15, 0.2) is 5.76 Å². The Balaban J connectivity index is 4.27. The van der Waals surface area contributed by atoms with Crippen LogP contribution >= 0.6 is 0 Å². The normalized spacial score (nSPS) is 11.3. The first-order chi connectivity index (χ1) is 8.56. The first kappa shape index (κ1) is 16.1. The lowest BCUT2D eigenvalue weighted by molar-refractivity contribution is -0.178. The van der Waals surface area contributed by atoms with Crippen molar-refractivity contribution in [2.24, 2.45) is 0 Å². The minimum absolute atomic E-state index is 0.0560. The number of rotatable bonds is 9. The molecule has 7 nitrogen and oxygen atoms in total. The van der Waals surface area contributed by atoms with Crippen molar-refractivity contribution in [3.8, 4) is 0 Å². The van der Waals surface area contributed by atoms with Gasteiger partial charge in [-0.15, -0.1) is 0 Å². The monoisotopic (exact) mass is 259 g/mol. The minimum Gasteiger partial charge on any atom is -0.495 e. The number of carbonyl (C=O) groups is 3. The second kappa shape index (κ2) is 9.17. The smallest absolute Gasteiger partial charge is 0.298 e. The van der Waals surface area contributed by atoms with Gasteiger partial charge in [0.2, 0.25) is 5.91 Å². The molecule has 18 heavy (non-hydrogen) atoms. The number of carbonyl (C=O) groups excluding carboxylic acids is 3. The third kappa shape index (κ3) is 6.00. The van der Waals surface area contributed by atoms with Crippen molar-refractivity contribution >= 4 is 18.7 Å². The summed E-state index contributed by atoms with van der Waals surface area (Å²) in [6.07, 6.45) is 0.886. The molecular formula is C11H17NO6. The quantitative estimate of drug-likeness (QED) is 0.339.